The first-order chi connectivity index (χ1) is 9.81. The smallest absolute Gasteiger partial charge is 0.193 e. The van der Waals surface area contributed by atoms with E-state index in [4.69, 9.17) is 9.47 Å². The Kier molecular flexibility index (Phi) is 2.60. The van der Waals surface area contributed by atoms with Gasteiger partial charge in [0.15, 0.2) is 5.78 Å². The highest BCUT2D eigenvalue weighted by Gasteiger charge is 2.18. The van der Waals surface area contributed by atoms with Crippen LogP contribution in [0.3, 0.4) is 0 Å². The number of fused-ring (bicyclic) bond motifs is 2. The Hall–Kier alpha value is -2.13. The molecule has 2 heterocycles. The summed E-state index contributed by atoms with van der Waals surface area (Å²) < 4.78 is 10.9. The van der Waals surface area contributed by atoms with Gasteiger partial charge >= 0.3 is 0 Å². The van der Waals surface area contributed by atoms with Gasteiger partial charge in [-0.15, -0.1) is 0 Å². The minimum absolute atomic E-state index is 0.0643. The molecule has 0 atom stereocenters. The van der Waals surface area contributed by atoms with Gasteiger partial charge in [0.2, 0.25) is 0 Å². The maximum Gasteiger partial charge on any atom is 0.193 e. The van der Waals surface area contributed by atoms with E-state index in [-0.39, 0.29) is 5.78 Å². The average molecular weight is 266 g/mol. The molecule has 2 aromatic carbocycles. The summed E-state index contributed by atoms with van der Waals surface area (Å²) in [6.45, 7) is 1.97. The summed E-state index contributed by atoms with van der Waals surface area (Å²) in [5, 5.41) is 0. The van der Waals surface area contributed by atoms with Crippen molar-refractivity contribution >= 4 is 5.78 Å². The van der Waals surface area contributed by atoms with E-state index < -0.39 is 0 Å². The zero-order valence-electron chi connectivity index (χ0n) is 11.0. The molecule has 20 heavy (non-hydrogen) atoms. The van der Waals surface area contributed by atoms with Gasteiger partial charge in [-0.3, -0.25) is 4.79 Å². The van der Waals surface area contributed by atoms with E-state index in [2.05, 4.69) is 0 Å². The molecule has 2 aliphatic rings. The summed E-state index contributed by atoms with van der Waals surface area (Å²) in [4.78, 5) is 12.6. The Morgan fingerprint density at radius 2 is 1.65 bits per heavy atom. The van der Waals surface area contributed by atoms with Crippen LogP contribution in [0.4, 0.5) is 0 Å². The van der Waals surface area contributed by atoms with E-state index in [0.717, 1.165) is 34.4 Å². The predicted molar refractivity (Wildman–Crippen MR) is 74.0 cm³/mol. The Bertz CT molecular complexity index is 644. The maximum absolute atomic E-state index is 12.6. The fraction of sp³-hybridized carbons (Fsp3) is 0.235. The van der Waals surface area contributed by atoms with Crippen molar-refractivity contribution in [2.45, 2.75) is 19.6 Å². The highest BCUT2D eigenvalue weighted by molar-refractivity contribution is 6.09. The lowest BCUT2D eigenvalue weighted by molar-refractivity contribution is 0.103. The summed E-state index contributed by atoms with van der Waals surface area (Å²) in [5.41, 5.74) is 4.89. The Morgan fingerprint density at radius 1 is 0.900 bits per heavy atom. The second kappa shape index (κ2) is 4.46. The molecule has 0 saturated heterocycles. The molecule has 0 aliphatic carbocycles. The van der Waals surface area contributed by atoms with Crippen molar-refractivity contribution in [3.63, 3.8) is 0 Å². The number of carbonyl (C=O) groups is 1. The molecular formula is C17H14O3. The quantitative estimate of drug-likeness (QED) is 0.784. The van der Waals surface area contributed by atoms with Crippen LogP contribution in [0.1, 0.15) is 32.6 Å². The topological polar surface area (TPSA) is 35.5 Å². The number of carbonyl (C=O) groups excluding carboxylic acids is 1. The third kappa shape index (κ3) is 1.82. The largest absolute Gasteiger partial charge is 0.493 e. The summed E-state index contributed by atoms with van der Waals surface area (Å²) in [6.07, 6.45) is 0.883. The average Bonchev–Trinajstić information content (AvgIpc) is 3.13. The highest BCUT2D eigenvalue weighted by atomic mass is 16.5. The zero-order valence-corrected chi connectivity index (χ0v) is 11.0. The van der Waals surface area contributed by atoms with E-state index in [1.54, 1.807) is 0 Å². The van der Waals surface area contributed by atoms with Gasteiger partial charge in [0.05, 0.1) is 19.8 Å². The third-order valence-electron chi connectivity index (χ3n) is 3.94. The molecule has 0 aromatic heterocycles. The maximum atomic E-state index is 12.6. The second-order valence-corrected chi connectivity index (χ2v) is 5.23. The van der Waals surface area contributed by atoms with E-state index in [0.29, 0.717) is 19.8 Å². The van der Waals surface area contributed by atoms with Gasteiger partial charge < -0.3 is 9.47 Å². The van der Waals surface area contributed by atoms with Gasteiger partial charge in [-0.1, -0.05) is 12.1 Å². The summed E-state index contributed by atoms with van der Waals surface area (Å²) in [6, 6.07) is 11.5. The summed E-state index contributed by atoms with van der Waals surface area (Å²) in [7, 11) is 0. The van der Waals surface area contributed by atoms with Crippen LogP contribution in [-0.2, 0) is 24.4 Å². The van der Waals surface area contributed by atoms with Crippen LogP contribution in [0.15, 0.2) is 36.4 Å². The van der Waals surface area contributed by atoms with Crippen molar-refractivity contribution in [3.05, 3.63) is 64.2 Å². The number of hydrogen-bond donors (Lipinski definition) is 0. The van der Waals surface area contributed by atoms with Crippen molar-refractivity contribution in [3.8, 4) is 5.75 Å². The molecule has 0 N–H and O–H groups in total. The van der Waals surface area contributed by atoms with Gasteiger partial charge in [-0.25, -0.2) is 0 Å². The Balaban J connectivity index is 1.70. The lowest BCUT2D eigenvalue weighted by Crippen LogP contribution is -2.02. The minimum atomic E-state index is 0.0643. The minimum Gasteiger partial charge on any atom is -0.493 e. The van der Waals surface area contributed by atoms with Crippen molar-refractivity contribution in [2.75, 3.05) is 6.61 Å². The molecule has 0 radical (unpaired) electrons. The molecule has 4 rings (SSSR count). The lowest BCUT2D eigenvalue weighted by Gasteiger charge is -2.05. The monoisotopic (exact) mass is 266 g/mol. The van der Waals surface area contributed by atoms with Crippen LogP contribution in [0.2, 0.25) is 0 Å². The van der Waals surface area contributed by atoms with E-state index in [9.17, 15) is 4.79 Å². The normalized spacial score (nSPS) is 15.6. The lowest BCUT2D eigenvalue weighted by atomic mass is 9.98. The summed E-state index contributed by atoms with van der Waals surface area (Å²) in [5.74, 6) is 0.971. The predicted octanol–water partition coefficient (Wildman–Crippen LogP) is 2.88. The van der Waals surface area contributed by atoms with Crippen LogP contribution in [0.25, 0.3) is 0 Å². The molecule has 100 valence electrons. The molecular weight excluding hydrogens is 252 g/mol. The number of ether oxygens (including phenoxy) is 2. The van der Waals surface area contributed by atoms with Crippen molar-refractivity contribution < 1.29 is 14.3 Å². The van der Waals surface area contributed by atoms with Crippen molar-refractivity contribution in [1.29, 1.82) is 0 Å². The van der Waals surface area contributed by atoms with Crippen LogP contribution < -0.4 is 4.74 Å². The standard InChI is InChI=1S/C17H14O3/c18-17(12-1-2-14-9-19-10-15(14)8-12)13-3-4-16-11(7-13)5-6-20-16/h1-4,7-8H,5-6,9-10H2. The zero-order chi connectivity index (χ0) is 13.5. The molecule has 0 saturated carbocycles. The molecule has 0 unspecified atom stereocenters. The second-order valence-electron chi connectivity index (χ2n) is 5.23. The molecule has 2 aromatic rings. The number of benzene rings is 2. The molecule has 2 aliphatic heterocycles. The number of ketones is 1. The number of rotatable bonds is 2. The van der Waals surface area contributed by atoms with Crippen molar-refractivity contribution in [2.24, 2.45) is 0 Å². The van der Waals surface area contributed by atoms with Crippen molar-refractivity contribution in [1.82, 2.24) is 0 Å². The molecule has 3 nitrogen and oxygen atoms in total. The first-order valence-electron chi connectivity index (χ1n) is 6.81. The number of hydrogen-bond acceptors (Lipinski definition) is 3. The van der Waals surface area contributed by atoms with Gasteiger partial charge in [0.1, 0.15) is 5.75 Å². The van der Waals surface area contributed by atoms with Crippen LogP contribution in [0, 0.1) is 0 Å². The highest BCUT2D eigenvalue weighted by Crippen LogP contribution is 2.27. The van der Waals surface area contributed by atoms with Gasteiger partial charge in [0.25, 0.3) is 0 Å². The van der Waals surface area contributed by atoms with Gasteiger partial charge in [-0.2, -0.15) is 0 Å². The van der Waals surface area contributed by atoms with Crippen LogP contribution in [-0.4, -0.2) is 12.4 Å². The summed E-state index contributed by atoms with van der Waals surface area (Å²) >= 11 is 0. The van der Waals surface area contributed by atoms with E-state index in [1.165, 1.54) is 5.56 Å². The fourth-order valence-corrected chi connectivity index (χ4v) is 2.81. The molecule has 0 bridgehead atoms. The third-order valence-corrected chi connectivity index (χ3v) is 3.94. The van der Waals surface area contributed by atoms with Gasteiger partial charge in [-0.05, 0) is 41.0 Å². The van der Waals surface area contributed by atoms with Crippen LogP contribution >= 0.6 is 0 Å². The first kappa shape index (κ1) is 11.7. The SMILES string of the molecule is O=C(c1ccc2c(c1)COC2)c1ccc2c(c1)CCO2. The fourth-order valence-electron chi connectivity index (χ4n) is 2.81. The van der Waals surface area contributed by atoms with E-state index >= 15 is 0 Å². The Morgan fingerprint density at radius 3 is 2.55 bits per heavy atom. The first-order valence-corrected chi connectivity index (χ1v) is 6.81. The van der Waals surface area contributed by atoms with E-state index in [1.807, 2.05) is 36.4 Å². The Labute approximate surface area is 117 Å². The molecule has 0 spiro atoms. The molecule has 0 amide bonds. The van der Waals surface area contributed by atoms with Gasteiger partial charge in [0, 0.05) is 17.5 Å². The molecule has 3 heteroatoms. The van der Waals surface area contributed by atoms with Crippen LogP contribution in [0.5, 0.6) is 5.75 Å². The molecule has 0 fully saturated rings.